The number of hydrogen-bond acceptors (Lipinski definition) is 5. The van der Waals surface area contributed by atoms with Crippen molar-refractivity contribution in [2.75, 3.05) is 11.1 Å². The molecule has 0 fully saturated rings. The maximum atomic E-state index is 14.4. The molecule has 0 radical (unpaired) electrons. The van der Waals surface area contributed by atoms with Crippen LogP contribution in [0.4, 0.5) is 14.5 Å². The Bertz CT molecular complexity index is 1310. The molecule has 33 heavy (non-hydrogen) atoms. The van der Waals surface area contributed by atoms with E-state index < -0.39 is 11.6 Å². The second-order valence-corrected chi connectivity index (χ2v) is 8.01. The number of carbonyl (C=O) groups is 2. The second-order valence-electron chi connectivity index (χ2n) is 7.07. The quantitative estimate of drug-likeness (QED) is 0.303. The van der Waals surface area contributed by atoms with Gasteiger partial charge >= 0.3 is 0 Å². The normalized spacial score (nSPS) is 10.8. The number of nitrogens with zero attached hydrogens (tertiary/aromatic N) is 3. The van der Waals surface area contributed by atoms with Crippen LogP contribution in [0.5, 0.6) is 0 Å². The summed E-state index contributed by atoms with van der Waals surface area (Å²) in [7, 11) is 0. The van der Waals surface area contributed by atoms with Gasteiger partial charge in [0.25, 0.3) is 0 Å². The molecule has 3 aromatic carbocycles. The lowest BCUT2D eigenvalue weighted by atomic mass is 10.1. The first-order valence-corrected chi connectivity index (χ1v) is 10.9. The summed E-state index contributed by atoms with van der Waals surface area (Å²) in [5.74, 6) is -1.00. The van der Waals surface area contributed by atoms with Crippen LogP contribution in [0.15, 0.2) is 78.0 Å². The molecule has 166 valence electrons. The average molecular weight is 464 g/mol. The minimum atomic E-state index is -0.475. The minimum absolute atomic E-state index is 0.00502. The van der Waals surface area contributed by atoms with Crippen LogP contribution in [0.3, 0.4) is 0 Å². The molecule has 0 aliphatic carbocycles. The fourth-order valence-corrected chi connectivity index (χ4v) is 3.87. The number of Topliss-reactive ketones (excluding diaryl/α,β-unsaturated/α-hetero) is 1. The van der Waals surface area contributed by atoms with Crippen molar-refractivity contribution in [1.82, 2.24) is 14.8 Å². The number of amides is 1. The van der Waals surface area contributed by atoms with Crippen LogP contribution in [0, 0.1) is 11.6 Å². The molecular weight excluding hydrogens is 446 g/mol. The Labute approximate surface area is 192 Å². The van der Waals surface area contributed by atoms with Crippen LogP contribution in [0.25, 0.3) is 17.1 Å². The highest BCUT2D eigenvalue weighted by molar-refractivity contribution is 7.99. The van der Waals surface area contributed by atoms with E-state index in [9.17, 15) is 18.4 Å². The number of anilines is 1. The van der Waals surface area contributed by atoms with Gasteiger partial charge in [0.05, 0.1) is 11.3 Å². The zero-order valence-corrected chi connectivity index (χ0v) is 18.3. The molecule has 1 N–H and O–H groups in total. The molecule has 1 heterocycles. The summed E-state index contributed by atoms with van der Waals surface area (Å²) in [6, 6.07) is 18.3. The SMILES string of the molecule is CC(=O)c1ccc(NC(=O)CSc2nnc(-c3ccccc3F)n2-c2ccc(F)cc2)cc1. The monoisotopic (exact) mass is 464 g/mol. The summed E-state index contributed by atoms with van der Waals surface area (Å²) < 4.78 is 29.5. The van der Waals surface area contributed by atoms with E-state index in [1.807, 2.05) is 0 Å². The predicted octanol–water partition coefficient (Wildman–Crippen LogP) is 5.15. The van der Waals surface area contributed by atoms with E-state index >= 15 is 0 Å². The Hall–Kier alpha value is -3.85. The number of benzene rings is 3. The highest BCUT2D eigenvalue weighted by atomic mass is 32.2. The molecule has 6 nitrogen and oxygen atoms in total. The lowest BCUT2D eigenvalue weighted by Gasteiger charge is -2.11. The molecule has 9 heteroatoms. The lowest BCUT2D eigenvalue weighted by Crippen LogP contribution is -2.14. The van der Waals surface area contributed by atoms with E-state index in [-0.39, 0.29) is 28.8 Å². The maximum Gasteiger partial charge on any atom is 0.234 e. The fourth-order valence-electron chi connectivity index (χ4n) is 3.12. The van der Waals surface area contributed by atoms with Gasteiger partial charge in [-0.2, -0.15) is 0 Å². The van der Waals surface area contributed by atoms with Crippen molar-refractivity contribution in [1.29, 1.82) is 0 Å². The number of aromatic nitrogens is 3. The van der Waals surface area contributed by atoms with Gasteiger partial charge in [0.1, 0.15) is 11.6 Å². The molecule has 0 saturated carbocycles. The molecule has 1 amide bonds. The topological polar surface area (TPSA) is 76.9 Å². The first-order chi connectivity index (χ1) is 15.9. The molecule has 0 aliphatic heterocycles. The third-order valence-corrected chi connectivity index (χ3v) is 5.67. The van der Waals surface area contributed by atoms with E-state index in [2.05, 4.69) is 15.5 Å². The Morgan fingerprint density at radius 1 is 0.939 bits per heavy atom. The van der Waals surface area contributed by atoms with Crippen LogP contribution in [-0.4, -0.2) is 32.2 Å². The third kappa shape index (κ3) is 5.15. The van der Waals surface area contributed by atoms with Crippen molar-refractivity contribution in [3.63, 3.8) is 0 Å². The van der Waals surface area contributed by atoms with Crippen molar-refractivity contribution >= 4 is 29.1 Å². The number of hydrogen-bond donors (Lipinski definition) is 1. The fraction of sp³-hybridized carbons (Fsp3) is 0.0833. The van der Waals surface area contributed by atoms with Crippen LogP contribution < -0.4 is 5.32 Å². The van der Waals surface area contributed by atoms with Gasteiger partial charge in [-0.15, -0.1) is 10.2 Å². The molecule has 0 atom stereocenters. The van der Waals surface area contributed by atoms with Gasteiger partial charge in [0.15, 0.2) is 16.8 Å². The van der Waals surface area contributed by atoms with Gasteiger partial charge in [-0.1, -0.05) is 23.9 Å². The molecule has 0 saturated heterocycles. The van der Waals surface area contributed by atoms with Crippen LogP contribution in [-0.2, 0) is 4.79 Å². The molecule has 0 aliphatic rings. The highest BCUT2D eigenvalue weighted by Crippen LogP contribution is 2.29. The second kappa shape index (κ2) is 9.74. The largest absolute Gasteiger partial charge is 0.325 e. The van der Waals surface area contributed by atoms with Gasteiger partial charge in [0.2, 0.25) is 5.91 Å². The van der Waals surface area contributed by atoms with Crippen LogP contribution in [0.2, 0.25) is 0 Å². The molecule has 4 rings (SSSR count). The van der Waals surface area contributed by atoms with E-state index in [1.165, 1.54) is 37.3 Å². The molecular formula is C24H18F2N4O2S. The van der Waals surface area contributed by atoms with Crippen molar-refractivity contribution < 1.29 is 18.4 Å². The molecule has 0 spiro atoms. The molecule has 0 unspecified atom stereocenters. The zero-order chi connectivity index (χ0) is 23.4. The van der Waals surface area contributed by atoms with Crippen molar-refractivity contribution in [3.8, 4) is 17.1 Å². The first kappa shape index (κ1) is 22.3. The van der Waals surface area contributed by atoms with Gasteiger partial charge in [-0.3, -0.25) is 14.2 Å². The number of ketones is 1. The van der Waals surface area contributed by atoms with Crippen molar-refractivity contribution in [2.45, 2.75) is 12.1 Å². The standard InChI is InChI=1S/C24H18F2N4O2S/c1-15(31)16-6-10-18(11-7-16)27-22(32)14-33-24-29-28-23(20-4-2-3-5-21(20)26)30(24)19-12-8-17(25)9-13-19/h2-13H,14H2,1H3,(H,27,32). The number of carbonyl (C=O) groups excluding carboxylic acids is 2. The Morgan fingerprint density at radius 3 is 2.30 bits per heavy atom. The van der Waals surface area contributed by atoms with Crippen molar-refractivity contribution in [3.05, 3.63) is 90.0 Å². The van der Waals surface area contributed by atoms with Gasteiger partial charge < -0.3 is 5.32 Å². The third-order valence-electron chi connectivity index (χ3n) is 4.74. The maximum absolute atomic E-state index is 14.4. The zero-order valence-electron chi connectivity index (χ0n) is 17.5. The summed E-state index contributed by atoms with van der Waals surface area (Å²) in [5.41, 5.74) is 1.87. The summed E-state index contributed by atoms with van der Waals surface area (Å²) in [6.45, 7) is 1.47. The Balaban J connectivity index is 1.57. The number of halogens is 2. The predicted molar refractivity (Wildman–Crippen MR) is 123 cm³/mol. The molecule has 4 aromatic rings. The lowest BCUT2D eigenvalue weighted by molar-refractivity contribution is -0.113. The van der Waals surface area contributed by atoms with E-state index in [4.69, 9.17) is 0 Å². The summed E-state index contributed by atoms with van der Waals surface area (Å²) in [5, 5.41) is 11.4. The number of nitrogens with one attached hydrogen (secondary N) is 1. The highest BCUT2D eigenvalue weighted by Gasteiger charge is 2.19. The van der Waals surface area contributed by atoms with Crippen LogP contribution in [0.1, 0.15) is 17.3 Å². The van der Waals surface area contributed by atoms with Gasteiger partial charge in [-0.25, -0.2) is 8.78 Å². The van der Waals surface area contributed by atoms with Gasteiger partial charge in [0, 0.05) is 16.9 Å². The average Bonchev–Trinajstić information content (AvgIpc) is 3.22. The summed E-state index contributed by atoms with van der Waals surface area (Å²) >= 11 is 1.11. The Kier molecular flexibility index (Phi) is 6.60. The number of thioether (sulfide) groups is 1. The first-order valence-electron chi connectivity index (χ1n) is 9.92. The summed E-state index contributed by atoms with van der Waals surface area (Å²) in [6.07, 6.45) is 0. The summed E-state index contributed by atoms with van der Waals surface area (Å²) in [4.78, 5) is 23.8. The molecule has 0 bridgehead atoms. The van der Waals surface area contributed by atoms with E-state index in [0.717, 1.165) is 11.8 Å². The van der Waals surface area contributed by atoms with Gasteiger partial charge in [-0.05, 0) is 67.6 Å². The van der Waals surface area contributed by atoms with Crippen molar-refractivity contribution in [2.24, 2.45) is 0 Å². The van der Waals surface area contributed by atoms with E-state index in [0.29, 0.717) is 22.1 Å². The Morgan fingerprint density at radius 2 is 1.64 bits per heavy atom. The van der Waals surface area contributed by atoms with E-state index in [1.54, 1.807) is 47.0 Å². The van der Waals surface area contributed by atoms with Crippen LogP contribution >= 0.6 is 11.8 Å². The minimum Gasteiger partial charge on any atom is -0.325 e. The molecule has 1 aromatic heterocycles. The number of rotatable bonds is 7. The smallest absolute Gasteiger partial charge is 0.234 e.